The van der Waals surface area contributed by atoms with E-state index in [1.165, 1.54) is 32.1 Å². The van der Waals surface area contributed by atoms with Crippen molar-refractivity contribution in [1.29, 1.82) is 0 Å². The molecule has 0 radical (unpaired) electrons. The van der Waals surface area contributed by atoms with Gasteiger partial charge in [0.2, 0.25) is 0 Å². The molecule has 0 aliphatic carbocycles. The molecule has 0 atom stereocenters. The summed E-state index contributed by atoms with van der Waals surface area (Å²) in [4.78, 5) is 0. The van der Waals surface area contributed by atoms with Crippen molar-refractivity contribution in [3.8, 4) is 0 Å². The van der Waals surface area contributed by atoms with E-state index >= 15 is 0 Å². The number of hydrogen-bond acceptors (Lipinski definition) is 0. The standard InChI is InChI=1S/C7H17N.Sn/c1-2-3-4-5-6-7-8;/h2-8H2,1H3;/q;+4/p+1. The van der Waals surface area contributed by atoms with Gasteiger partial charge in [-0.2, -0.15) is 0 Å². The summed E-state index contributed by atoms with van der Waals surface area (Å²) in [6, 6.07) is 0. The summed E-state index contributed by atoms with van der Waals surface area (Å²) in [7, 11) is 0. The maximum absolute atomic E-state index is 3.78. The van der Waals surface area contributed by atoms with Crippen molar-refractivity contribution in [1.82, 2.24) is 0 Å². The molecule has 9 heavy (non-hydrogen) atoms. The Balaban J connectivity index is 0. The maximum Gasteiger partial charge on any atom is 4.00 e. The van der Waals surface area contributed by atoms with E-state index in [-0.39, 0.29) is 23.9 Å². The van der Waals surface area contributed by atoms with Crippen LogP contribution in [-0.4, -0.2) is 30.5 Å². The van der Waals surface area contributed by atoms with E-state index in [0.29, 0.717) is 0 Å². The summed E-state index contributed by atoms with van der Waals surface area (Å²) >= 11 is 0. The normalized spacial score (nSPS) is 8.67. The van der Waals surface area contributed by atoms with Gasteiger partial charge in [-0.3, -0.25) is 0 Å². The van der Waals surface area contributed by atoms with Crippen LogP contribution in [0, 0.1) is 0 Å². The second kappa shape index (κ2) is 11.5. The number of unbranched alkanes of at least 4 members (excludes halogenated alkanes) is 4. The van der Waals surface area contributed by atoms with E-state index in [0.717, 1.165) is 6.54 Å². The Morgan fingerprint density at radius 2 is 1.56 bits per heavy atom. The van der Waals surface area contributed by atoms with Crippen LogP contribution in [0.3, 0.4) is 0 Å². The van der Waals surface area contributed by atoms with E-state index in [1.807, 2.05) is 0 Å². The van der Waals surface area contributed by atoms with Crippen molar-refractivity contribution in [3.63, 3.8) is 0 Å². The molecule has 0 rings (SSSR count). The van der Waals surface area contributed by atoms with E-state index < -0.39 is 0 Å². The molecule has 0 unspecified atom stereocenters. The fourth-order valence-corrected chi connectivity index (χ4v) is 0.780. The maximum atomic E-state index is 3.78. The molecule has 0 heterocycles. The van der Waals surface area contributed by atoms with Crippen LogP contribution in [0.25, 0.3) is 0 Å². The van der Waals surface area contributed by atoms with Gasteiger partial charge in [-0.25, -0.2) is 0 Å². The van der Waals surface area contributed by atoms with Crippen LogP contribution in [0.15, 0.2) is 0 Å². The smallest absolute Gasteiger partial charge is 0.358 e. The quantitative estimate of drug-likeness (QED) is 0.539. The minimum Gasteiger partial charge on any atom is -0.358 e. The molecule has 0 saturated heterocycles. The molecular weight excluding hydrogens is 217 g/mol. The fraction of sp³-hybridized carbons (Fsp3) is 1.00. The van der Waals surface area contributed by atoms with Gasteiger partial charge in [-0.05, 0) is 12.8 Å². The van der Waals surface area contributed by atoms with Gasteiger partial charge in [-0.15, -0.1) is 0 Å². The second-order valence-corrected chi connectivity index (χ2v) is 2.27. The van der Waals surface area contributed by atoms with E-state index in [4.69, 9.17) is 0 Å². The Morgan fingerprint density at radius 3 is 2.00 bits per heavy atom. The first-order valence-corrected chi connectivity index (χ1v) is 3.71. The van der Waals surface area contributed by atoms with Gasteiger partial charge in [0.05, 0.1) is 6.54 Å². The van der Waals surface area contributed by atoms with Gasteiger partial charge in [0, 0.05) is 0 Å². The van der Waals surface area contributed by atoms with Crippen molar-refractivity contribution >= 4 is 23.9 Å². The number of hydrogen-bond donors (Lipinski definition) is 1. The summed E-state index contributed by atoms with van der Waals surface area (Å²) < 4.78 is 0. The molecule has 0 aliphatic rings. The van der Waals surface area contributed by atoms with Gasteiger partial charge >= 0.3 is 23.9 Å². The molecule has 0 fully saturated rings. The van der Waals surface area contributed by atoms with Gasteiger partial charge in [0.1, 0.15) is 0 Å². The molecule has 0 aromatic carbocycles. The molecule has 3 N–H and O–H groups in total. The average molecular weight is 235 g/mol. The Morgan fingerprint density at radius 1 is 1.00 bits per heavy atom. The Kier molecular flexibility index (Phi) is 15.9. The van der Waals surface area contributed by atoms with Gasteiger partial charge in [0.15, 0.2) is 0 Å². The molecule has 2 heteroatoms. The van der Waals surface area contributed by atoms with E-state index in [9.17, 15) is 0 Å². The third-order valence-corrected chi connectivity index (χ3v) is 1.35. The van der Waals surface area contributed by atoms with E-state index in [1.54, 1.807) is 0 Å². The fourth-order valence-electron chi connectivity index (χ4n) is 0.780. The summed E-state index contributed by atoms with van der Waals surface area (Å²) in [5, 5.41) is 0. The molecule has 0 spiro atoms. The second-order valence-electron chi connectivity index (χ2n) is 2.27. The van der Waals surface area contributed by atoms with Crippen LogP contribution < -0.4 is 5.73 Å². The van der Waals surface area contributed by atoms with Crippen LogP contribution >= 0.6 is 0 Å². The third kappa shape index (κ3) is 12.1. The minimum atomic E-state index is 0. The first-order valence-electron chi connectivity index (χ1n) is 3.71. The van der Waals surface area contributed by atoms with E-state index in [2.05, 4.69) is 12.7 Å². The SMILES string of the molecule is CCCCCCC[NH3+].[Sn+4]. The minimum absolute atomic E-state index is 0. The molecule has 1 nitrogen and oxygen atoms in total. The molecule has 50 valence electrons. The van der Waals surface area contributed by atoms with Crippen molar-refractivity contribution in [2.75, 3.05) is 6.54 Å². The van der Waals surface area contributed by atoms with Gasteiger partial charge in [0.25, 0.3) is 0 Å². The van der Waals surface area contributed by atoms with Gasteiger partial charge in [-0.1, -0.05) is 26.2 Å². The van der Waals surface area contributed by atoms with Crippen LogP contribution in [0.4, 0.5) is 0 Å². The molecule has 0 aromatic heterocycles. The Labute approximate surface area is 75.3 Å². The average Bonchev–Trinajstić information content (AvgIpc) is 1.81. The molecule has 0 amide bonds. The van der Waals surface area contributed by atoms with Crippen molar-refractivity contribution in [3.05, 3.63) is 0 Å². The zero-order valence-corrected chi connectivity index (χ0v) is 9.30. The zero-order valence-electron chi connectivity index (χ0n) is 6.45. The van der Waals surface area contributed by atoms with Gasteiger partial charge < -0.3 is 5.73 Å². The predicted octanol–water partition coefficient (Wildman–Crippen LogP) is 0.818. The Bertz CT molecular complexity index is 33.9. The number of quaternary nitrogens is 1. The van der Waals surface area contributed by atoms with Crippen LogP contribution in [-0.2, 0) is 0 Å². The number of rotatable bonds is 5. The van der Waals surface area contributed by atoms with Crippen LogP contribution in [0.2, 0.25) is 0 Å². The predicted molar refractivity (Wildman–Crippen MR) is 42.3 cm³/mol. The van der Waals surface area contributed by atoms with Crippen molar-refractivity contribution < 1.29 is 5.73 Å². The van der Waals surface area contributed by atoms with Crippen molar-refractivity contribution in [2.45, 2.75) is 39.0 Å². The van der Waals surface area contributed by atoms with Crippen molar-refractivity contribution in [2.24, 2.45) is 0 Å². The summed E-state index contributed by atoms with van der Waals surface area (Å²) in [5.41, 5.74) is 3.78. The topological polar surface area (TPSA) is 27.6 Å². The summed E-state index contributed by atoms with van der Waals surface area (Å²) in [5.74, 6) is 0. The first-order chi connectivity index (χ1) is 3.91. The first kappa shape index (κ1) is 12.4. The van der Waals surface area contributed by atoms with Crippen LogP contribution in [0.1, 0.15) is 39.0 Å². The third-order valence-electron chi connectivity index (χ3n) is 1.35. The molecule has 0 aromatic rings. The van der Waals surface area contributed by atoms with Crippen LogP contribution in [0.5, 0.6) is 0 Å². The Hall–Kier alpha value is 0.759. The monoisotopic (exact) mass is 236 g/mol. The zero-order chi connectivity index (χ0) is 6.24. The largest absolute Gasteiger partial charge is 4.00 e. The molecule has 0 saturated carbocycles. The molecule has 0 bridgehead atoms. The molecule has 0 aliphatic heterocycles. The summed E-state index contributed by atoms with van der Waals surface area (Å²) in [6.07, 6.45) is 6.86. The summed E-state index contributed by atoms with van der Waals surface area (Å²) in [6.45, 7) is 3.36. The molecular formula is C7H18NSn+5.